The van der Waals surface area contributed by atoms with Gasteiger partial charge in [-0.3, -0.25) is 0 Å². The average molecular weight is 473 g/mol. The van der Waals surface area contributed by atoms with Gasteiger partial charge in [-0.05, 0) is 50.1 Å². The molecule has 0 saturated heterocycles. The minimum Gasteiger partial charge on any atom is -0.497 e. The zero-order valence-electron chi connectivity index (χ0n) is 15.5. The Kier molecular flexibility index (Phi) is 9.50. The van der Waals surface area contributed by atoms with Crippen LogP contribution in [0.15, 0.2) is 52.1 Å². The van der Waals surface area contributed by atoms with E-state index in [1.165, 1.54) is 5.56 Å². The first-order chi connectivity index (χ1) is 12.0. The number of halogens is 1. The second-order valence-corrected chi connectivity index (χ2v) is 5.97. The van der Waals surface area contributed by atoms with Crippen LogP contribution in [0.5, 0.6) is 5.75 Å². The van der Waals surface area contributed by atoms with Crippen molar-refractivity contribution in [1.29, 1.82) is 0 Å². The van der Waals surface area contributed by atoms with Crippen molar-refractivity contribution in [3.8, 4) is 5.75 Å². The molecule has 0 amide bonds. The number of nitrogens with one attached hydrogen (secondary N) is 2. The number of aliphatic hydroxyl groups is 1. The van der Waals surface area contributed by atoms with Gasteiger partial charge in [0.05, 0.1) is 19.9 Å². The van der Waals surface area contributed by atoms with Gasteiger partial charge in [-0.25, -0.2) is 4.99 Å². The lowest BCUT2D eigenvalue weighted by Crippen LogP contribution is -2.39. The fourth-order valence-electron chi connectivity index (χ4n) is 2.36. The van der Waals surface area contributed by atoms with Gasteiger partial charge in [0.25, 0.3) is 0 Å². The van der Waals surface area contributed by atoms with Gasteiger partial charge in [-0.1, -0.05) is 12.1 Å². The van der Waals surface area contributed by atoms with E-state index in [0.29, 0.717) is 11.7 Å². The van der Waals surface area contributed by atoms with Crippen LogP contribution >= 0.6 is 24.0 Å². The van der Waals surface area contributed by atoms with Crippen molar-refractivity contribution in [3.63, 3.8) is 0 Å². The summed E-state index contributed by atoms with van der Waals surface area (Å²) in [7, 11) is 1.66. The molecule has 0 radical (unpaired) electrons. The lowest BCUT2D eigenvalue weighted by Gasteiger charge is -2.19. The summed E-state index contributed by atoms with van der Waals surface area (Å²) in [5, 5.41) is 16.9. The number of rotatable bonds is 8. The summed E-state index contributed by atoms with van der Waals surface area (Å²) in [4.78, 5) is 4.46. The smallest absolute Gasteiger partial charge is 0.191 e. The first-order valence-corrected chi connectivity index (χ1v) is 8.46. The standard InChI is InChI=1S/C19H27N3O3.HI/c1-4-20-18(22-14-19(2,23)17-6-5-13-25-17)21-12-11-15-7-9-16(24-3)10-8-15;/h5-10,13,23H,4,11-12,14H2,1-3H3,(H2,20,21,22);1H. The second kappa shape index (κ2) is 11.1. The van der Waals surface area contributed by atoms with E-state index < -0.39 is 5.60 Å². The number of ether oxygens (including phenoxy) is 1. The predicted octanol–water partition coefficient (Wildman–Crippen LogP) is 2.91. The Bertz CT molecular complexity index is 655. The van der Waals surface area contributed by atoms with Gasteiger partial charge in [0, 0.05) is 13.1 Å². The Morgan fingerprint density at radius 3 is 2.54 bits per heavy atom. The summed E-state index contributed by atoms with van der Waals surface area (Å²) in [5.74, 6) is 2.03. The first-order valence-electron chi connectivity index (χ1n) is 8.46. The summed E-state index contributed by atoms with van der Waals surface area (Å²) in [6.45, 7) is 5.39. The summed E-state index contributed by atoms with van der Waals surface area (Å²) < 4.78 is 10.4. The summed E-state index contributed by atoms with van der Waals surface area (Å²) in [5.41, 5.74) is 0.0775. The van der Waals surface area contributed by atoms with Crippen LogP contribution in [-0.2, 0) is 12.0 Å². The van der Waals surface area contributed by atoms with E-state index in [2.05, 4.69) is 15.6 Å². The Labute approximate surface area is 172 Å². The number of furan rings is 1. The van der Waals surface area contributed by atoms with E-state index in [9.17, 15) is 5.11 Å². The maximum Gasteiger partial charge on any atom is 0.191 e. The van der Waals surface area contributed by atoms with Gasteiger partial charge in [0.15, 0.2) is 5.96 Å². The van der Waals surface area contributed by atoms with Crippen LogP contribution in [0.25, 0.3) is 0 Å². The monoisotopic (exact) mass is 473 g/mol. The highest BCUT2D eigenvalue weighted by Crippen LogP contribution is 2.21. The zero-order valence-corrected chi connectivity index (χ0v) is 17.8. The molecule has 0 bridgehead atoms. The number of nitrogens with zero attached hydrogens (tertiary/aromatic N) is 1. The number of aliphatic imine (C=N–C) groups is 1. The van der Waals surface area contributed by atoms with Gasteiger partial charge < -0.3 is 24.9 Å². The third-order valence-electron chi connectivity index (χ3n) is 3.81. The topological polar surface area (TPSA) is 79.0 Å². The third-order valence-corrected chi connectivity index (χ3v) is 3.81. The van der Waals surface area contributed by atoms with Crippen LogP contribution < -0.4 is 15.4 Å². The Morgan fingerprint density at radius 2 is 1.96 bits per heavy atom. The van der Waals surface area contributed by atoms with Crippen LogP contribution in [0.1, 0.15) is 25.2 Å². The third kappa shape index (κ3) is 6.87. The average Bonchev–Trinajstić information content (AvgIpc) is 3.16. The van der Waals surface area contributed by atoms with Crippen LogP contribution in [0.4, 0.5) is 0 Å². The SMILES string of the molecule is CCNC(=NCC(C)(O)c1ccco1)NCCc1ccc(OC)cc1.I. The number of methoxy groups -OCH3 is 1. The molecule has 3 N–H and O–H groups in total. The number of hydrogen-bond acceptors (Lipinski definition) is 4. The molecule has 1 unspecified atom stereocenters. The molecule has 1 heterocycles. The van der Waals surface area contributed by atoms with Crippen LogP contribution in [0.2, 0.25) is 0 Å². The molecule has 0 spiro atoms. The van der Waals surface area contributed by atoms with E-state index in [4.69, 9.17) is 9.15 Å². The molecular formula is C19H28IN3O3. The van der Waals surface area contributed by atoms with Gasteiger partial charge in [0.2, 0.25) is 0 Å². The summed E-state index contributed by atoms with van der Waals surface area (Å²) >= 11 is 0. The normalized spacial score (nSPS) is 13.5. The molecule has 6 nitrogen and oxygen atoms in total. The summed E-state index contributed by atoms with van der Waals surface area (Å²) in [6, 6.07) is 11.5. The maximum absolute atomic E-state index is 10.5. The van der Waals surface area contributed by atoms with Crippen LogP contribution in [0, 0.1) is 0 Å². The molecule has 0 aliphatic heterocycles. The van der Waals surface area contributed by atoms with Crippen molar-refractivity contribution in [3.05, 3.63) is 54.0 Å². The molecule has 1 aromatic heterocycles. The lowest BCUT2D eigenvalue weighted by molar-refractivity contribution is 0.0437. The number of guanidine groups is 1. The van der Waals surface area contributed by atoms with Gasteiger partial charge in [-0.15, -0.1) is 24.0 Å². The van der Waals surface area contributed by atoms with E-state index in [1.54, 1.807) is 32.4 Å². The van der Waals surface area contributed by atoms with Crippen molar-refractivity contribution in [2.24, 2.45) is 4.99 Å². The first kappa shape index (κ1) is 22.3. The molecule has 0 saturated carbocycles. The highest BCUT2D eigenvalue weighted by Gasteiger charge is 2.25. The maximum atomic E-state index is 10.5. The molecule has 144 valence electrons. The lowest BCUT2D eigenvalue weighted by atomic mass is 10.0. The molecule has 2 aromatic rings. The zero-order chi connectivity index (χ0) is 18.1. The summed E-state index contributed by atoms with van der Waals surface area (Å²) in [6.07, 6.45) is 2.41. The molecule has 7 heteroatoms. The van der Waals surface area contributed by atoms with E-state index in [1.807, 2.05) is 31.2 Å². The molecule has 1 aromatic carbocycles. The Hall–Kier alpha value is -1.74. The quantitative estimate of drug-likeness (QED) is 0.312. The van der Waals surface area contributed by atoms with E-state index in [-0.39, 0.29) is 30.5 Å². The molecule has 2 rings (SSSR count). The largest absolute Gasteiger partial charge is 0.497 e. The molecule has 26 heavy (non-hydrogen) atoms. The highest BCUT2D eigenvalue weighted by molar-refractivity contribution is 14.0. The molecule has 0 aliphatic carbocycles. The van der Waals surface area contributed by atoms with Gasteiger partial charge >= 0.3 is 0 Å². The minimum atomic E-state index is -1.14. The van der Waals surface area contributed by atoms with Crippen molar-refractivity contribution in [2.45, 2.75) is 25.9 Å². The van der Waals surface area contributed by atoms with Crippen molar-refractivity contribution >= 4 is 29.9 Å². The fraction of sp³-hybridized carbons (Fsp3) is 0.421. The van der Waals surface area contributed by atoms with Crippen molar-refractivity contribution in [2.75, 3.05) is 26.7 Å². The van der Waals surface area contributed by atoms with Gasteiger partial charge in [0.1, 0.15) is 17.1 Å². The van der Waals surface area contributed by atoms with Crippen LogP contribution in [-0.4, -0.2) is 37.8 Å². The van der Waals surface area contributed by atoms with E-state index >= 15 is 0 Å². The minimum absolute atomic E-state index is 0. The fourth-order valence-corrected chi connectivity index (χ4v) is 2.36. The molecular weight excluding hydrogens is 445 g/mol. The van der Waals surface area contributed by atoms with Gasteiger partial charge in [-0.2, -0.15) is 0 Å². The Morgan fingerprint density at radius 1 is 1.23 bits per heavy atom. The second-order valence-electron chi connectivity index (χ2n) is 5.97. The molecule has 0 fully saturated rings. The highest BCUT2D eigenvalue weighted by atomic mass is 127. The Balaban J connectivity index is 0.00000338. The van der Waals surface area contributed by atoms with Crippen molar-refractivity contribution in [1.82, 2.24) is 10.6 Å². The van der Waals surface area contributed by atoms with Crippen LogP contribution in [0.3, 0.4) is 0 Å². The predicted molar refractivity (Wildman–Crippen MR) is 114 cm³/mol. The molecule has 0 aliphatic rings. The number of benzene rings is 1. The van der Waals surface area contributed by atoms with E-state index in [0.717, 1.165) is 25.3 Å². The van der Waals surface area contributed by atoms with Crippen molar-refractivity contribution < 1.29 is 14.3 Å². The number of hydrogen-bond donors (Lipinski definition) is 3. The molecule has 1 atom stereocenters.